The van der Waals surface area contributed by atoms with Gasteiger partial charge in [0.2, 0.25) is 0 Å². The molecule has 0 aliphatic carbocycles. The number of H-pyrrole nitrogens is 2. The summed E-state index contributed by atoms with van der Waals surface area (Å²) in [6, 6.07) is 21.5. The Morgan fingerprint density at radius 3 is 2.50 bits per heavy atom. The molecule has 5 nitrogen and oxygen atoms in total. The van der Waals surface area contributed by atoms with Crippen LogP contribution >= 0.6 is 0 Å². The molecule has 3 aromatic carbocycles. The predicted molar refractivity (Wildman–Crippen MR) is 116 cm³/mol. The SMILES string of the molecule is COc1ccc2cc(C(=O)Nc3ccc(-c4cc5cc(F)ccc5[nH]4)cc3)[nH]c2c1. The maximum atomic E-state index is 13.4. The van der Waals surface area contributed by atoms with E-state index in [2.05, 4.69) is 15.3 Å². The van der Waals surface area contributed by atoms with E-state index in [0.29, 0.717) is 11.4 Å². The van der Waals surface area contributed by atoms with Crippen molar-refractivity contribution in [3.8, 4) is 17.0 Å². The number of aromatic nitrogens is 2. The van der Waals surface area contributed by atoms with E-state index in [-0.39, 0.29) is 11.7 Å². The molecule has 0 spiro atoms. The Kier molecular flexibility index (Phi) is 4.25. The lowest BCUT2D eigenvalue weighted by Gasteiger charge is -2.05. The molecule has 0 bridgehead atoms. The number of benzene rings is 3. The van der Waals surface area contributed by atoms with Crippen LogP contribution in [0.5, 0.6) is 5.75 Å². The summed E-state index contributed by atoms with van der Waals surface area (Å²) in [6.45, 7) is 0. The van der Waals surface area contributed by atoms with Crippen LogP contribution in [0.4, 0.5) is 10.1 Å². The first-order valence-corrected chi connectivity index (χ1v) is 9.46. The Bertz CT molecular complexity index is 1380. The van der Waals surface area contributed by atoms with Gasteiger partial charge in [0.05, 0.1) is 7.11 Å². The fourth-order valence-corrected chi connectivity index (χ4v) is 3.55. The van der Waals surface area contributed by atoms with Crippen LogP contribution in [0.1, 0.15) is 10.5 Å². The number of nitrogens with one attached hydrogen (secondary N) is 3. The highest BCUT2D eigenvalue weighted by Crippen LogP contribution is 2.26. The summed E-state index contributed by atoms with van der Waals surface area (Å²) in [7, 11) is 1.61. The van der Waals surface area contributed by atoms with Gasteiger partial charge in [-0.05, 0) is 60.2 Å². The second-order valence-corrected chi connectivity index (χ2v) is 7.08. The van der Waals surface area contributed by atoms with E-state index < -0.39 is 0 Å². The lowest BCUT2D eigenvalue weighted by atomic mass is 10.1. The second-order valence-electron chi connectivity index (χ2n) is 7.08. The molecule has 0 atom stereocenters. The van der Waals surface area contributed by atoms with Gasteiger partial charge in [-0.25, -0.2) is 4.39 Å². The molecule has 0 unspecified atom stereocenters. The lowest BCUT2D eigenvalue weighted by molar-refractivity contribution is 0.102. The molecular formula is C24H18FN3O2. The van der Waals surface area contributed by atoms with E-state index in [0.717, 1.165) is 38.8 Å². The maximum absolute atomic E-state index is 13.4. The zero-order valence-corrected chi connectivity index (χ0v) is 16.1. The number of amides is 1. The average Bonchev–Trinajstić information content (AvgIpc) is 3.37. The molecule has 0 aliphatic rings. The molecule has 2 aromatic heterocycles. The first-order chi connectivity index (χ1) is 14.6. The lowest BCUT2D eigenvalue weighted by Crippen LogP contribution is -2.12. The Labute approximate surface area is 171 Å². The minimum atomic E-state index is -0.262. The van der Waals surface area contributed by atoms with E-state index in [1.54, 1.807) is 13.2 Å². The number of carbonyl (C=O) groups is 1. The molecule has 0 fully saturated rings. The molecule has 6 heteroatoms. The van der Waals surface area contributed by atoms with Crippen molar-refractivity contribution in [2.45, 2.75) is 0 Å². The monoisotopic (exact) mass is 399 g/mol. The third-order valence-corrected chi connectivity index (χ3v) is 5.11. The van der Waals surface area contributed by atoms with Gasteiger partial charge < -0.3 is 20.0 Å². The number of halogens is 1. The fourth-order valence-electron chi connectivity index (χ4n) is 3.55. The molecule has 2 heterocycles. The minimum Gasteiger partial charge on any atom is -0.497 e. The number of methoxy groups -OCH3 is 1. The Morgan fingerprint density at radius 2 is 1.70 bits per heavy atom. The van der Waals surface area contributed by atoms with Crippen molar-refractivity contribution in [2.75, 3.05) is 12.4 Å². The number of anilines is 1. The second kappa shape index (κ2) is 7.08. The van der Waals surface area contributed by atoms with Gasteiger partial charge in [0.15, 0.2) is 0 Å². The van der Waals surface area contributed by atoms with Gasteiger partial charge in [-0.2, -0.15) is 0 Å². The first-order valence-electron chi connectivity index (χ1n) is 9.46. The van der Waals surface area contributed by atoms with E-state index in [1.165, 1.54) is 12.1 Å². The van der Waals surface area contributed by atoms with E-state index in [9.17, 15) is 9.18 Å². The molecular weight excluding hydrogens is 381 g/mol. The van der Waals surface area contributed by atoms with E-state index >= 15 is 0 Å². The zero-order valence-electron chi connectivity index (χ0n) is 16.1. The summed E-state index contributed by atoms with van der Waals surface area (Å²) < 4.78 is 18.6. The number of aromatic amines is 2. The van der Waals surface area contributed by atoms with Gasteiger partial charge in [-0.15, -0.1) is 0 Å². The highest BCUT2D eigenvalue weighted by atomic mass is 19.1. The summed E-state index contributed by atoms with van der Waals surface area (Å²) in [5.41, 5.74) is 4.70. The van der Waals surface area contributed by atoms with Crippen LogP contribution in [0.25, 0.3) is 33.1 Å². The molecule has 0 saturated heterocycles. The van der Waals surface area contributed by atoms with Crippen molar-refractivity contribution in [3.63, 3.8) is 0 Å². The van der Waals surface area contributed by atoms with E-state index in [4.69, 9.17) is 4.74 Å². The standard InChI is InChI=1S/C24H18FN3O2/c1-30-19-8-4-15-11-23(28-22(15)13-19)24(29)26-18-6-2-14(3-7-18)21-12-16-10-17(25)5-9-20(16)27-21/h2-13,27-28H,1H3,(H,26,29). The van der Waals surface area contributed by atoms with Crippen molar-refractivity contribution < 1.29 is 13.9 Å². The van der Waals surface area contributed by atoms with Gasteiger partial charge in [-0.1, -0.05) is 12.1 Å². The predicted octanol–water partition coefficient (Wildman–Crippen LogP) is 5.72. The van der Waals surface area contributed by atoms with Crippen molar-refractivity contribution in [1.82, 2.24) is 9.97 Å². The van der Waals surface area contributed by atoms with Gasteiger partial charge in [-0.3, -0.25) is 4.79 Å². The van der Waals surface area contributed by atoms with Crippen LogP contribution in [0.2, 0.25) is 0 Å². The number of hydrogen-bond acceptors (Lipinski definition) is 2. The Hall–Kier alpha value is -4.06. The summed E-state index contributed by atoms with van der Waals surface area (Å²) in [4.78, 5) is 19.0. The molecule has 148 valence electrons. The Balaban J connectivity index is 1.35. The first kappa shape index (κ1) is 18.0. The summed E-state index contributed by atoms with van der Waals surface area (Å²) >= 11 is 0. The van der Waals surface area contributed by atoms with Crippen LogP contribution in [0, 0.1) is 5.82 Å². The fraction of sp³-hybridized carbons (Fsp3) is 0.0417. The largest absolute Gasteiger partial charge is 0.497 e. The van der Waals surface area contributed by atoms with Crippen LogP contribution in [0.15, 0.2) is 72.8 Å². The summed E-state index contributed by atoms with van der Waals surface area (Å²) in [5.74, 6) is 0.243. The quantitative estimate of drug-likeness (QED) is 0.362. The molecule has 3 N–H and O–H groups in total. The topological polar surface area (TPSA) is 69.9 Å². The zero-order chi connectivity index (χ0) is 20.7. The average molecular weight is 399 g/mol. The van der Waals surface area contributed by atoms with Crippen LogP contribution in [0.3, 0.4) is 0 Å². The van der Waals surface area contributed by atoms with Gasteiger partial charge >= 0.3 is 0 Å². The van der Waals surface area contributed by atoms with Crippen molar-refractivity contribution in [3.05, 3.63) is 84.3 Å². The smallest absolute Gasteiger partial charge is 0.272 e. The molecule has 0 radical (unpaired) electrons. The summed E-state index contributed by atoms with van der Waals surface area (Å²) in [6.07, 6.45) is 0. The molecule has 30 heavy (non-hydrogen) atoms. The van der Waals surface area contributed by atoms with Crippen molar-refractivity contribution in [2.24, 2.45) is 0 Å². The van der Waals surface area contributed by atoms with Gasteiger partial charge in [0.1, 0.15) is 17.3 Å². The normalized spacial score (nSPS) is 11.1. The maximum Gasteiger partial charge on any atom is 0.272 e. The molecule has 5 rings (SSSR count). The number of carbonyl (C=O) groups excluding carboxylic acids is 1. The number of ether oxygens (including phenoxy) is 1. The number of hydrogen-bond donors (Lipinski definition) is 3. The van der Waals surface area contributed by atoms with Crippen LogP contribution in [-0.2, 0) is 0 Å². The molecule has 0 saturated carbocycles. The third kappa shape index (κ3) is 3.28. The number of fused-ring (bicyclic) bond motifs is 2. The van der Waals surface area contributed by atoms with Crippen molar-refractivity contribution >= 4 is 33.4 Å². The minimum absolute atomic E-state index is 0.223. The highest BCUT2D eigenvalue weighted by molar-refractivity contribution is 6.06. The third-order valence-electron chi connectivity index (χ3n) is 5.11. The summed E-state index contributed by atoms with van der Waals surface area (Å²) in [5, 5.41) is 4.65. The van der Waals surface area contributed by atoms with Gasteiger partial charge in [0, 0.05) is 39.3 Å². The molecule has 0 aliphatic heterocycles. The highest BCUT2D eigenvalue weighted by Gasteiger charge is 2.11. The number of rotatable bonds is 4. The Morgan fingerprint density at radius 1 is 0.867 bits per heavy atom. The van der Waals surface area contributed by atoms with Crippen LogP contribution in [-0.4, -0.2) is 23.0 Å². The van der Waals surface area contributed by atoms with Crippen LogP contribution < -0.4 is 10.1 Å². The van der Waals surface area contributed by atoms with Crippen molar-refractivity contribution in [1.29, 1.82) is 0 Å². The molecule has 1 amide bonds. The molecule has 5 aromatic rings. The van der Waals surface area contributed by atoms with E-state index in [1.807, 2.05) is 54.6 Å². The van der Waals surface area contributed by atoms with Gasteiger partial charge in [0.25, 0.3) is 5.91 Å².